The number of thiophene rings is 1. The Morgan fingerprint density at radius 2 is 2.07 bits per heavy atom. The number of aromatic nitrogens is 2. The van der Waals surface area contributed by atoms with E-state index in [0.717, 1.165) is 69.1 Å². The van der Waals surface area contributed by atoms with Crippen LogP contribution in [0.2, 0.25) is 0 Å². The van der Waals surface area contributed by atoms with Gasteiger partial charge < -0.3 is 15.0 Å². The molecule has 0 bridgehead atoms. The Bertz CT molecular complexity index is 944. The molecule has 1 saturated heterocycles. The molecule has 0 amide bonds. The summed E-state index contributed by atoms with van der Waals surface area (Å²) in [5, 5.41) is 9.33. The van der Waals surface area contributed by atoms with Crippen LogP contribution in [-0.2, 0) is 30.7 Å². The van der Waals surface area contributed by atoms with E-state index in [1.165, 1.54) is 23.2 Å². The molecule has 1 fully saturated rings. The summed E-state index contributed by atoms with van der Waals surface area (Å²) in [6, 6.07) is 0. The second-order valence-electron chi connectivity index (χ2n) is 7.82. The minimum atomic E-state index is -0.271. The van der Waals surface area contributed by atoms with Crippen molar-refractivity contribution in [3.8, 4) is 0 Å². The van der Waals surface area contributed by atoms with Gasteiger partial charge in [0.2, 0.25) is 0 Å². The number of piperazine rings is 1. The molecule has 0 spiro atoms. The van der Waals surface area contributed by atoms with Crippen LogP contribution in [0.3, 0.4) is 0 Å². The summed E-state index contributed by atoms with van der Waals surface area (Å²) >= 11 is 7.34. The third-order valence-electron chi connectivity index (χ3n) is 6.09. The number of thiocarbonyl (C=S) groups is 1. The van der Waals surface area contributed by atoms with Crippen molar-refractivity contribution in [3.63, 3.8) is 0 Å². The number of hydrogen-bond donors (Lipinski definition) is 1. The number of nitrogens with one attached hydrogen (secondary N) is 1. The Labute approximate surface area is 187 Å². The SMILES string of the molecule is CCn1ncc(CN2CCN(C(=S)Nc3sc4c(c3C(=O)OC)CCC4)CC2)c1C. The second-order valence-corrected chi connectivity index (χ2v) is 9.31. The molecule has 1 N–H and O–H groups in total. The first-order valence-corrected chi connectivity index (χ1v) is 11.8. The number of aryl methyl sites for hydroxylation is 2. The van der Waals surface area contributed by atoms with Gasteiger partial charge in [-0.15, -0.1) is 11.3 Å². The Morgan fingerprint density at radius 1 is 1.30 bits per heavy atom. The van der Waals surface area contributed by atoms with Gasteiger partial charge in [0.15, 0.2) is 5.11 Å². The fraction of sp³-hybridized carbons (Fsp3) is 0.571. The Hall–Kier alpha value is -1.97. The standard InChI is InChI=1S/C21H29N5O2S2/c1-4-26-14(2)15(12-22-26)13-24-8-10-25(11-9-24)21(29)23-19-18(20(27)28-3)16-6-5-7-17(16)30-19/h12H,4-11,13H2,1-3H3,(H,23,29). The number of fused-ring (bicyclic) bond motifs is 1. The van der Waals surface area contributed by atoms with Crippen molar-refractivity contribution in [3.05, 3.63) is 33.5 Å². The number of anilines is 1. The lowest BCUT2D eigenvalue weighted by atomic mass is 10.1. The normalized spacial score (nSPS) is 16.6. The van der Waals surface area contributed by atoms with Gasteiger partial charge in [0.05, 0.1) is 18.9 Å². The molecule has 3 heterocycles. The molecule has 2 aliphatic rings. The van der Waals surface area contributed by atoms with E-state index in [1.54, 1.807) is 11.3 Å². The number of nitrogens with zero attached hydrogens (tertiary/aromatic N) is 4. The van der Waals surface area contributed by atoms with Crippen molar-refractivity contribution < 1.29 is 9.53 Å². The van der Waals surface area contributed by atoms with Crippen molar-refractivity contribution in [2.75, 3.05) is 38.6 Å². The van der Waals surface area contributed by atoms with Gasteiger partial charge in [-0.05, 0) is 50.9 Å². The molecule has 1 aliphatic heterocycles. The molecule has 0 atom stereocenters. The first-order chi connectivity index (χ1) is 14.5. The Balaban J connectivity index is 1.36. The molecule has 1 aliphatic carbocycles. The van der Waals surface area contributed by atoms with Crippen LogP contribution in [0.25, 0.3) is 0 Å². The van der Waals surface area contributed by atoms with Crippen molar-refractivity contribution in [1.29, 1.82) is 0 Å². The van der Waals surface area contributed by atoms with Crippen LogP contribution in [0.5, 0.6) is 0 Å². The summed E-state index contributed by atoms with van der Waals surface area (Å²) in [5.74, 6) is -0.271. The number of ether oxygens (including phenoxy) is 1. The average Bonchev–Trinajstić information content (AvgIpc) is 3.43. The fourth-order valence-corrected chi connectivity index (χ4v) is 5.92. The fourth-order valence-electron chi connectivity index (χ4n) is 4.30. The van der Waals surface area contributed by atoms with Crippen LogP contribution in [0, 0.1) is 6.92 Å². The van der Waals surface area contributed by atoms with Crippen LogP contribution in [0.4, 0.5) is 5.00 Å². The van der Waals surface area contributed by atoms with E-state index in [0.29, 0.717) is 10.7 Å². The maximum atomic E-state index is 12.4. The van der Waals surface area contributed by atoms with Gasteiger partial charge in [-0.2, -0.15) is 5.10 Å². The van der Waals surface area contributed by atoms with Gasteiger partial charge in [-0.3, -0.25) is 9.58 Å². The van der Waals surface area contributed by atoms with Gasteiger partial charge in [-0.1, -0.05) is 0 Å². The average molecular weight is 448 g/mol. The van der Waals surface area contributed by atoms with Crippen LogP contribution in [0.15, 0.2) is 6.20 Å². The number of esters is 1. The molecular formula is C21H29N5O2S2. The molecule has 162 valence electrons. The van der Waals surface area contributed by atoms with Crippen molar-refractivity contribution in [2.45, 2.75) is 46.2 Å². The van der Waals surface area contributed by atoms with Gasteiger partial charge in [-0.25, -0.2) is 4.79 Å². The first-order valence-electron chi connectivity index (χ1n) is 10.5. The summed E-state index contributed by atoms with van der Waals surface area (Å²) in [7, 11) is 1.44. The Kier molecular flexibility index (Phi) is 6.40. The van der Waals surface area contributed by atoms with Gasteiger partial charge in [0, 0.05) is 55.4 Å². The van der Waals surface area contributed by atoms with Crippen molar-refractivity contribution >= 4 is 39.6 Å². The van der Waals surface area contributed by atoms with Crippen molar-refractivity contribution in [2.24, 2.45) is 0 Å². The topological polar surface area (TPSA) is 62.6 Å². The third-order valence-corrected chi connectivity index (χ3v) is 7.66. The van der Waals surface area contributed by atoms with E-state index in [9.17, 15) is 4.79 Å². The van der Waals surface area contributed by atoms with E-state index in [1.807, 2.05) is 10.9 Å². The lowest BCUT2D eigenvalue weighted by Gasteiger charge is -2.36. The zero-order chi connectivity index (χ0) is 21.3. The van der Waals surface area contributed by atoms with E-state index in [4.69, 9.17) is 17.0 Å². The lowest BCUT2D eigenvalue weighted by molar-refractivity contribution is 0.0601. The molecular weight excluding hydrogens is 418 g/mol. The molecule has 0 saturated carbocycles. The zero-order valence-corrected chi connectivity index (χ0v) is 19.5. The molecule has 7 nitrogen and oxygen atoms in total. The van der Waals surface area contributed by atoms with Gasteiger partial charge in [0.1, 0.15) is 5.00 Å². The predicted octanol–water partition coefficient (Wildman–Crippen LogP) is 3.06. The highest BCUT2D eigenvalue weighted by molar-refractivity contribution is 7.80. The molecule has 2 aromatic rings. The largest absolute Gasteiger partial charge is 0.465 e. The summed E-state index contributed by atoms with van der Waals surface area (Å²) in [6.07, 6.45) is 5.07. The van der Waals surface area contributed by atoms with Crippen LogP contribution < -0.4 is 5.32 Å². The van der Waals surface area contributed by atoms with Crippen LogP contribution in [-0.4, -0.2) is 64.0 Å². The molecule has 0 unspecified atom stereocenters. The maximum Gasteiger partial charge on any atom is 0.341 e. The van der Waals surface area contributed by atoms with Crippen LogP contribution in [0.1, 0.15) is 45.4 Å². The zero-order valence-electron chi connectivity index (χ0n) is 17.9. The number of hydrogen-bond acceptors (Lipinski definition) is 6. The van der Waals surface area contributed by atoms with E-state index < -0.39 is 0 Å². The van der Waals surface area contributed by atoms with E-state index in [-0.39, 0.29) is 5.97 Å². The molecule has 4 rings (SSSR count). The number of carbonyl (C=O) groups excluding carboxylic acids is 1. The van der Waals surface area contributed by atoms with E-state index in [2.05, 4.69) is 34.1 Å². The van der Waals surface area contributed by atoms with Crippen LogP contribution >= 0.6 is 23.6 Å². The highest BCUT2D eigenvalue weighted by Crippen LogP contribution is 2.39. The molecule has 0 aromatic carbocycles. The summed E-state index contributed by atoms with van der Waals surface area (Å²) in [5.41, 5.74) is 4.37. The number of methoxy groups -OCH3 is 1. The summed E-state index contributed by atoms with van der Waals surface area (Å²) in [6.45, 7) is 9.70. The highest BCUT2D eigenvalue weighted by atomic mass is 32.1. The monoisotopic (exact) mass is 447 g/mol. The van der Waals surface area contributed by atoms with Gasteiger partial charge >= 0.3 is 5.97 Å². The highest BCUT2D eigenvalue weighted by Gasteiger charge is 2.28. The van der Waals surface area contributed by atoms with E-state index >= 15 is 0 Å². The minimum absolute atomic E-state index is 0.271. The summed E-state index contributed by atoms with van der Waals surface area (Å²) < 4.78 is 7.08. The van der Waals surface area contributed by atoms with Gasteiger partial charge in [0.25, 0.3) is 0 Å². The minimum Gasteiger partial charge on any atom is -0.465 e. The predicted molar refractivity (Wildman–Crippen MR) is 123 cm³/mol. The second kappa shape index (κ2) is 9.03. The number of carbonyl (C=O) groups is 1. The first kappa shape index (κ1) is 21.3. The molecule has 0 radical (unpaired) electrons. The molecule has 30 heavy (non-hydrogen) atoms. The quantitative estimate of drug-likeness (QED) is 0.558. The van der Waals surface area contributed by atoms with Crippen molar-refractivity contribution in [1.82, 2.24) is 19.6 Å². The molecule has 9 heteroatoms. The third kappa shape index (κ3) is 4.10. The smallest absolute Gasteiger partial charge is 0.341 e. The Morgan fingerprint density at radius 3 is 2.73 bits per heavy atom. The lowest BCUT2D eigenvalue weighted by Crippen LogP contribution is -2.49. The summed E-state index contributed by atoms with van der Waals surface area (Å²) in [4.78, 5) is 18.3. The maximum absolute atomic E-state index is 12.4. The molecule has 2 aromatic heterocycles. The number of rotatable bonds is 5.